The van der Waals surface area contributed by atoms with E-state index in [0.717, 1.165) is 4.88 Å². The van der Waals surface area contributed by atoms with Crippen LogP contribution in [0.1, 0.15) is 51.6 Å². The zero-order chi connectivity index (χ0) is 24.4. The predicted octanol–water partition coefficient (Wildman–Crippen LogP) is 3.00. The lowest BCUT2D eigenvalue weighted by Crippen LogP contribution is -2.35. The van der Waals surface area contributed by atoms with Crippen molar-refractivity contribution in [1.29, 1.82) is 0 Å². The zero-order valence-electron chi connectivity index (χ0n) is 19.3. The summed E-state index contributed by atoms with van der Waals surface area (Å²) < 4.78 is 7.05. The van der Waals surface area contributed by atoms with Crippen LogP contribution in [0.2, 0.25) is 0 Å². The van der Waals surface area contributed by atoms with Crippen molar-refractivity contribution in [3.05, 3.63) is 69.2 Å². The van der Waals surface area contributed by atoms with Gasteiger partial charge in [-0.25, -0.2) is 9.36 Å². The van der Waals surface area contributed by atoms with E-state index in [1.807, 2.05) is 40.8 Å². The zero-order valence-corrected chi connectivity index (χ0v) is 20.1. The number of H-pyrrole nitrogens is 2. The van der Waals surface area contributed by atoms with Crippen molar-refractivity contribution in [1.82, 2.24) is 14.9 Å². The van der Waals surface area contributed by atoms with E-state index in [1.54, 1.807) is 20.8 Å². The Hall–Kier alpha value is -3.66. The number of nitrogens with zero attached hydrogens (tertiary/aromatic N) is 2. The SMILES string of the molecule is CCOC(=O)c1[nH]c(C)c(C(O)=C2C(=O)C(=O)N(CCC[n+]3cc[nH]c3)C2c2cccs2)c1C. The quantitative estimate of drug-likeness (QED) is 0.150. The van der Waals surface area contributed by atoms with Gasteiger partial charge in [0.15, 0.2) is 0 Å². The van der Waals surface area contributed by atoms with Crippen molar-refractivity contribution in [2.24, 2.45) is 0 Å². The van der Waals surface area contributed by atoms with Crippen molar-refractivity contribution in [2.75, 3.05) is 13.2 Å². The van der Waals surface area contributed by atoms with Crippen molar-refractivity contribution >= 4 is 34.8 Å². The molecule has 4 heterocycles. The molecule has 10 heteroatoms. The van der Waals surface area contributed by atoms with E-state index in [1.165, 1.54) is 16.2 Å². The van der Waals surface area contributed by atoms with Crippen LogP contribution >= 0.6 is 11.3 Å². The largest absolute Gasteiger partial charge is 0.507 e. The lowest BCUT2D eigenvalue weighted by Gasteiger charge is -2.23. The third kappa shape index (κ3) is 4.16. The molecular formula is C24H27N4O5S+. The standard InChI is InChI=1S/C24H26N4O5S/c1-4-33-24(32)19-14(2)17(15(3)26-19)21(29)18-20(16-7-5-12-34-16)28(23(31)22(18)30)10-6-9-27-11-8-25-13-27/h5,7-8,11-13,20H,4,6,9-10H2,1-3H3,(H2,26,29,30,32)/p+1. The van der Waals surface area contributed by atoms with Crippen molar-refractivity contribution < 1.29 is 28.8 Å². The number of ether oxygens (including phenoxy) is 1. The summed E-state index contributed by atoms with van der Waals surface area (Å²) in [5.41, 5.74) is 1.56. The highest BCUT2D eigenvalue weighted by atomic mass is 32.1. The van der Waals surface area contributed by atoms with Crippen molar-refractivity contribution in [3.63, 3.8) is 0 Å². The molecule has 0 radical (unpaired) electrons. The highest BCUT2D eigenvalue weighted by molar-refractivity contribution is 7.10. The molecular weight excluding hydrogens is 456 g/mol. The second kappa shape index (κ2) is 9.68. The third-order valence-electron chi connectivity index (χ3n) is 5.92. The van der Waals surface area contributed by atoms with Crippen LogP contribution in [-0.4, -0.2) is 50.8 Å². The molecule has 1 amide bonds. The molecule has 178 valence electrons. The average molecular weight is 484 g/mol. The van der Waals surface area contributed by atoms with Crippen LogP contribution in [0.15, 0.2) is 41.8 Å². The fourth-order valence-electron chi connectivity index (χ4n) is 4.38. The van der Waals surface area contributed by atoms with Gasteiger partial charge in [-0.3, -0.25) is 14.6 Å². The number of ketones is 1. The van der Waals surface area contributed by atoms with Gasteiger partial charge in [-0.05, 0) is 37.8 Å². The van der Waals surface area contributed by atoms with E-state index >= 15 is 0 Å². The van der Waals surface area contributed by atoms with Crippen LogP contribution in [-0.2, 0) is 20.9 Å². The molecule has 34 heavy (non-hydrogen) atoms. The topological polar surface area (TPSA) is 119 Å². The fourth-order valence-corrected chi connectivity index (χ4v) is 5.23. The number of likely N-dealkylation sites (tertiary alicyclic amines) is 1. The van der Waals surface area contributed by atoms with E-state index in [0.29, 0.717) is 36.3 Å². The predicted molar refractivity (Wildman–Crippen MR) is 125 cm³/mol. The third-order valence-corrected chi connectivity index (χ3v) is 6.85. The van der Waals surface area contributed by atoms with Gasteiger partial charge in [0.05, 0.1) is 24.8 Å². The molecule has 0 bridgehead atoms. The van der Waals surface area contributed by atoms with E-state index in [4.69, 9.17) is 4.74 Å². The highest BCUT2D eigenvalue weighted by Crippen LogP contribution is 2.42. The van der Waals surface area contributed by atoms with Crippen LogP contribution in [0.4, 0.5) is 0 Å². The van der Waals surface area contributed by atoms with Gasteiger partial charge in [0.2, 0.25) is 6.33 Å². The number of carbonyl (C=O) groups is 3. The van der Waals surface area contributed by atoms with Gasteiger partial charge in [0, 0.05) is 29.1 Å². The van der Waals surface area contributed by atoms with Gasteiger partial charge in [-0.2, -0.15) is 0 Å². The molecule has 1 atom stereocenters. The highest BCUT2D eigenvalue weighted by Gasteiger charge is 2.46. The maximum atomic E-state index is 13.2. The summed E-state index contributed by atoms with van der Waals surface area (Å²) >= 11 is 1.42. The number of carbonyl (C=O) groups excluding carboxylic acids is 3. The second-order valence-corrected chi connectivity index (χ2v) is 9.04. The number of esters is 1. The molecule has 0 saturated carbocycles. The Balaban J connectivity index is 1.74. The summed E-state index contributed by atoms with van der Waals surface area (Å²) in [6, 6.07) is 3.00. The Labute approximate surface area is 200 Å². The Morgan fingerprint density at radius 1 is 1.32 bits per heavy atom. The summed E-state index contributed by atoms with van der Waals surface area (Å²) in [5.74, 6) is -2.21. The molecule has 0 spiro atoms. The van der Waals surface area contributed by atoms with Crippen LogP contribution < -0.4 is 4.57 Å². The number of thiophene rings is 1. The first-order valence-corrected chi connectivity index (χ1v) is 11.9. The maximum Gasteiger partial charge on any atom is 0.355 e. The van der Waals surface area contributed by atoms with E-state index < -0.39 is 23.7 Å². The minimum Gasteiger partial charge on any atom is -0.507 e. The number of Topliss-reactive ketones (excluding diaryl/α,β-unsaturated/α-hetero) is 1. The minimum atomic E-state index is -0.733. The molecule has 0 aromatic carbocycles. The number of nitrogens with one attached hydrogen (secondary N) is 2. The van der Waals surface area contributed by atoms with Crippen LogP contribution in [0.3, 0.4) is 0 Å². The maximum absolute atomic E-state index is 13.2. The number of rotatable bonds is 8. The Kier molecular flexibility index (Phi) is 6.69. The van der Waals surface area contributed by atoms with Crippen molar-refractivity contribution in [2.45, 2.75) is 39.8 Å². The van der Waals surface area contributed by atoms with Gasteiger partial charge in [0.25, 0.3) is 11.7 Å². The number of amides is 1. The number of aryl methyl sites for hydroxylation is 2. The summed E-state index contributed by atoms with van der Waals surface area (Å²) in [4.78, 5) is 46.8. The second-order valence-electron chi connectivity index (χ2n) is 8.06. The molecule has 1 unspecified atom stereocenters. The van der Waals surface area contributed by atoms with Crippen molar-refractivity contribution in [3.8, 4) is 0 Å². The van der Waals surface area contributed by atoms with E-state index in [9.17, 15) is 19.5 Å². The lowest BCUT2D eigenvalue weighted by atomic mass is 9.97. The lowest BCUT2D eigenvalue weighted by molar-refractivity contribution is -0.695. The molecule has 1 fully saturated rings. The molecule has 4 rings (SSSR count). The molecule has 0 aliphatic carbocycles. The van der Waals surface area contributed by atoms with Gasteiger partial charge < -0.3 is 19.7 Å². The minimum absolute atomic E-state index is 0.0300. The van der Waals surface area contributed by atoms with Crippen LogP contribution in [0, 0.1) is 13.8 Å². The number of hydrogen-bond donors (Lipinski definition) is 3. The fraction of sp³-hybridized carbons (Fsp3) is 0.333. The van der Waals surface area contributed by atoms with Crippen LogP contribution in [0.5, 0.6) is 0 Å². The Morgan fingerprint density at radius 2 is 2.12 bits per heavy atom. The molecule has 1 aliphatic heterocycles. The number of aliphatic hydroxyl groups excluding tert-OH is 1. The molecule has 1 aliphatic rings. The first-order chi connectivity index (χ1) is 16.3. The number of aromatic nitrogens is 3. The van der Waals surface area contributed by atoms with E-state index in [-0.39, 0.29) is 23.6 Å². The van der Waals surface area contributed by atoms with Crippen LogP contribution in [0.25, 0.3) is 5.76 Å². The molecule has 3 aromatic rings. The number of aromatic amines is 2. The number of aliphatic hydroxyl groups is 1. The normalized spacial score (nSPS) is 17.5. The monoisotopic (exact) mass is 483 g/mol. The molecule has 3 N–H and O–H groups in total. The summed E-state index contributed by atoms with van der Waals surface area (Å²) in [6.07, 6.45) is 6.16. The van der Waals surface area contributed by atoms with Gasteiger partial charge >= 0.3 is 5.97 Å². The molecule has 9 nitrogen and oxygen atoms in total. The number of hydrogen-bond acceptors (Lipinski definition) is 6. The van der Waals surface area contributed by atoms with E-state index in [2.05, 4.69) is 9.97 Å². The molecule has 3 aromatic heterocycles. The van der Waals surface area contributed by atoms with Gasteiger partial charge in [-0.1, -0.05) is 6.07 Å². The Bertz CT molecular complexity index is 1240. The van der Waals surface area contributed by atoms with Gasteiger partial charge in [-0.15, -0.1) is 11.3 Å². The average Bonchev–Trinajstić information content (AvgIpc) is 3.59. The summed E-state index contributed by atoms with van der Waals surface area (Å²) in [5, 5.41) is 13.2. The summed E-state index contributed by atoms with van der Waals surface area (Å²) in [6.45, 7) is 6.32. The summed E-state index contributed by atoms with van der Waals surface area (Å²) in [7, 11) is 0. The smallest absolute Gasteiger partial charge is 0.355 e. The van der Waals surface area contributed by atoms with Gasteiger partial charge in [0.1, 0.15) is 23.8 Å². The first-order valence-electron chi connectivity index (χ1n) is 11.0. The first kappa shape index (κ1) is 23.5. The molecule has 1 saturated heterocycles. The number of imidazole rings is 1. The Morgan fingerprint density at radius 3 is 2.76 bits per heavy atom.